The molecule has 0 radical (unpaired) electrons. The molecule has 0 aromatic heterocycles. The summed E-state index contributed by atoms with van der Waals surface area (Å²) in [5, 5.41) is 30.8. The van der Waals surface area contributed by atoms with E-state index in [1.165, 1.54) is 11.8 Å². The largest absolute Gasteiger partial charge is 0.480 e. The molecule has 3 amide bonds. The molecular weight excluding hydrogens is 372 g/mol. The lowest BCUT2D eigenvalue weighted by atomic mass is 10.1. The first-order valence-corrected chi connectivity index (χ1v) is 9.37. The Bertz CT molecular complexity index is 627. The van der Waals surface area contributed by atoms with E-state index in [2.05, 4.69) is 5.32 Å². The second-order valence-electron chi connectivity index (χ2n) is 7.23. The highest BCUT2D eigenvalue weighted by Gasteiger charge is 2.42. The first kappa shape index (κ1) is 22.1. The van der Waals surface area contributed by atoms with Gasteiger partial charge in [0.2, 0.25) is 17.7 Å². The highest BCUT2D eigenvalue weighted by molar-refractivity contribution is 5.94. The number of nitrogens with one attached hydrogen (secondary N) is 1. The number of carbonyl (C=O) groups is 4. The lowest BCUT2D eigenvalue weighted by Crippen LogP contribution is -2.59. The van der Waals surface area contributed by atoms with Gasteiger partial charge in [-0.15, -0.1) is 0 Å². The second-order valence-corrected chi connectivity index (χ2v) is 7.23. The van der Waals surface area contributed by atoms with Crippen LogP contribution in [0.25, 0.3) is 0 Å². The Balaban J connectivity index is 2.11. The van der Waals surface area contributed by atoms with Crippen molar-refractivity contribution in [3.63, 3.8) is 0 Å². The number of likely N-dealkylation sites (tertiary alicyclic amines) is 2. The molecule has 2 heterocycles. The fraction of sp³-hybridized carbons (Fsp3) is 0.765. The van der Waals surface area contributed by atoms with E-state index in [4.69, 9.17) is 10.8 Å². The fourth-order valence-electron chi connectivity index (χ4n) is 3.70. The summed E-state index contributed by atoms with van der Waals surface area (Å²) in [5.41, 5.74) is 5.55. The van der Waals surface area contributed by atoms with E-state index >= 15 is 0 Å². The zero-order valence-electron chi connectivity index (χ0n) is 15.8. The zero-order valence-corrected chi connectivity index (χ0v) is 15.8. The quantitative estimate of drug-likeness (QED) is 0.305. The van der Waals surface area contributed by atoms with E-state index in [1.807, 2.05) is 0 Å². The van der Waals surface area contributed by atoms with E-state index in [9.17, 15) is 29.4 Å². The molecule has 11 heteroatoms. The molecule has 158 valence electrons. The molecular formula is C17H28N4O7. The topological polar surface area (TPSA) is 174 Å². The summed E-state index contributed by atoms with van der Waals surface area (Å²) in [6, 6.07) is -4.31. The molecule has 0 aromatic rings. The standard InChI is InChI=1S/C17H28N4O7/c1-9(23)13(16(26)21-7-3-5-12(21)17(27)28)19-14(24)11-4-2-6-20(11)15(25)10(18)8-22/h9-13,22-23H,2-8,18H2,1H3,(H,19,24)(H,27,28). The fourth-order valence-corrected chi connectivity index (χ4v) is 3.70. The van der Waals surface area contributed by atoms with Gasteiger partial charge in [0.1, 0.15) is 24.2 Å². The molecule has 5 atom stereocenters. The number of aliphatic hydroxyl groups is 2. The second kappa shape index (κ2) is 9.30. The molecule has 28 heavy (non-hydrogen) atoms. The molecule has 0 bridgehead atoms. The van der Waals surface area contributed by atoms with Crippen LogP contribution in [-0.4, -0.2) is 98.8 Å². The third kappa shape index (κ3) is 4.59. The van der Waals surface area contributed by atoms with Crippen molar-refractivity contribution in [2.75, 3.05) is 19.7 Å². The molecule has 0 aliphatic carbocycles. The van der Waals surface area contributed by atoms with Crippen LogP contribution in [0.5, 0.6) is 0 Å². The van der Waals surface area contributed by atoms with Crippen molar-refractivity contribution in [3.8, 4) is 0 Å². The van der Waals surface area contributed by atoms with Crippen molar-refractivity contribution < 1.29 is 34.5 Å². The summed E-state index contributed by atoms with van der Waals surface area (Å²) in [6.07, 6.45) is 0.496. The lowest BCUT2D eigenvalue weighted by molar-refractivity contribution is -0.151. The van der Waals surface area contributed by atoms with Crippen molar-refractivity contribution >= 4 is 23.7 Å². The van der Waals surface area contributed by atoms with Crippen LogP contribution in [0.15, 0.2) is 0 Å². The maximum atomic E-state index is 12.8. The van der Waals surface area contributed by atoms with E-state index in [1.54, 1.807) is 0 Å². The van der Waals surface area contributed by atoms with Gasteiger partial charge in [-0.25, -0.2) is 4.79 Å². The number of carbonyl (C=O) groups excluding carboxylic acids is 3. The minimum Gasteiger partial charge on any atom is -0.480 e. The van der Waals surface area contributed by atoms with Gasteiger partial charge in [0.25, 0.3) is 0 Å². The molecule has 2 aliphatic heterocycles. The molecule has 2 fully saturated rings. The van der Waals surface area contributed by atoms with Gasteiger partial charge in [-0.3, -0.25) is 14.4 Å². The number of hydrogen-bond donors (Lipinski definition) is 5. The lowest BCUT2D eigenvalue weighted by Gasteiger charge is -2.31. The smallest absolute Gasteiger partial charge is 0.326 e. The van der Waals surface area contributed by atoms with Crippen LogP contribution in [0.1, 0.15) is 32.6 Å². The number of nitrogens with zero attached hydrogens (tertiary/aromatic N) is 2. The van der Waals surface area contributed by atoms with Gasteiger partial charge in [0.15, 0.2) is 0 Å². The highest BCUT2D eigenvalue weighted by Crippen LogP contribution is 2.21. The van der Waals surface area contributed by atoms with Gasteiger partial charge in [0, 0.05) is 13.1 Å². The first-order chi connectivity index (χ1) is 13.2. The van der Waals surface area contributed by atoms with Crippen molar-refractivity contribution in [1.29, 1.82) is 0 Å². The normalized spacial score (nSPS) is 25.3. The minimum absolute atomic E-state index is 0.230. The number of carboxylic acid groups (broad SMARTS) is 1. The van der Waals surface area contributed by atoms with Gasteiger partial charge in [-0.2, -0.15) is 0 Å². The van der Waals surface area contributed by atoms with Gasteiger partial charge in [-0.1, -0.05) is 0 Å². The van der Waals surface area contributed by atoms with Crippen LogP contribution in [-0.2, 0) is 19.2 Å². The van der Waals surface area contributed by atoms with Crippen molar-refractivity contribution in [1.82, 2.24) is 15.1 Å². The van der Waals surface area contributed by atoms with Gasteiger partial charge >= 0.3 is 5.97 Å². The molecule has 0 spiro atoms. The average molecular weight is 400 g/mol. The Morgan fingerprint density at radius 3 is 2.11 bits per heavy atom. The summed E-state index contributed by atoms with van der Waals surface area (Å²) in [5.74, 6) is -2.99. The molecule has 0 saturated carbocycles. The van der Waals surface area contributed by atoms with E-state index < -0.39 is 60.6 Å². The SMILES string of the molecule is CC(O)C(NC(=O)C1CCCN1C(=O)C(N)CO)C(=O)N1CCCC1C(=O)O. The van der Waals surface area contributed by atoms with Crippen LogP contribution in [0, 0.1) is 0 Å². The predicted molar refractivity (Wildman–Crippen MR) is 95.8 cm³/mol. The van der Waals surface area contributed by atoms with Gasteiger partial charge in [-0.05, 0) is 32.6 Å². The Morgan fingerprint density at radius 1 is 1.07 bits per heavy atom. The molecule has 0 aromatic carbocycles. The zero-order chi connectivity index (χ0) is 21.0. The van der Waals surface area contributed by atoms with E-state index in [-0.39, 0.29) is 6.54 Å². The number of aliphatic carboxylic acids is 1. The maximum Gasteiger partial charge on any atom is 0.326 e. The average Bonchev–Trinajstić information content (AvgIpc) is 3.33. The molecule has 5 unspecified atom stereocenters. The summed E-state index contributed by atoms with van der Waals surface area (Å²) in [4.78, 5) is 51.5. The Labute approximate surface area is 162 Å². The number of amides is 3. The number of rotatable bonds is 7. The third-order valence-electron chi connectivity index (χ3n) is 5.22. The Hall–Kier alpha value is -2.24. The van der Waals surface area contributed by atoms with Crippen LogP contribution < -0.4 is 11.1 Å². The molecule has 11 nitrogen and oxygen atoms in total. The van der Waals surface area contributed by atoms with Gasteiger partial charge < -0.3 is 36.2 Å². The summed E-state index contributed by atoms with van der Waals surface area (Å²) >= 11 is 0. The van der Waals surface area contributed by atoms with Crippen LogP contribution in [0.4, 0.5) is 0 Å². The van der Waals surface area contributed by atoms with E-state index in [0.717, 1.165) is 4.90 Å². The van der Waals surface area contributed by atoms with Crippen LogP contribution in [0.2, 0.25) is 0 Å². The van der Waals surface area contributed by atoms with Crippen LogP contribution >= 0.6 is 0 Å². The molecule has 2 aliphatic rings. The van der Waals surface area contributed by atoms with Crippen molar-refractivity contribution in [3.05, 3.63) is 0 Å². The molecule has 2 rings (SSSR count). The molecule has 2 saturated heterocycles. The monoisotopic (exact) mass is 400 g/mol. The third-order valence-corrected chi connectivity index (χ3v) is 5.22. The van der Waals surface area contributed by atoms with Crippen molar-refractivity contribution in [2.45, 2.75) is 62.9 Å². The predicted octanol–water partition coefficient (Wildman–Crippen LogP) is -2.76. The van der Waals surface area contributed by atoms with Gasteiger partial charge in [0.05, 0.1) is 12.7 Å². The summed E-state index contributed by atoms with van der Waals surface area (Å²) in [6.45, 7) is 1.30. The number of hydrogen-bond acceptors (Lipinski definition) is 7. The van der Waals surface area contributed by atoms with Crippen LogP contribution in [0.3, 0.4) is 0 Å². The minimum atomic E-state index is -1.32. The Kier molecular flexibility index (Phi) is 7.33. The molecule has 6 N–H and O–H groups in total. The number of nitrogens with two attached hydrogens (primary N) is 1. The number of carboxylic acids is 1. The highest BCUT2D eigenvalue weighted by atomic mass is 16.4. The maximum absolute atomic E-state index is 12.8. The Morgan fingerprint density at radius 2 is 1.61 bits per heavy atom. The summed E-state index contributed by atoms with van der Waals surface area (Å²) in [7, 11) is 0. The first-order valence-electron chi connectivity index (χ1n) is 9.37. The van der Waals surface area contributed by atoms with E-state index in [0.29, 0.717) is 32.2 Å². The number of aliphatic hydroxyl groups excluding tert-OH is 2. The summed E-state index contributed by atoms with van der Waals surface area (Å²) < 4.78 is 0. The van der Waals surface area contributed by atoms with Crippen molar-refractivity contribution in [2.24, 2.45) is 5.73 Å².